The van der Waals surface area contributed by atoms with Crippen molar-refractivity contribution in [3.8, 4) is 0 Å². The lowest BCUT2D eigenvalue weighted by Crippen LogP contribution is -2.31. The summed E-state index contributed by atoms with van der Waals surface area (Å²) in [7, 11) is 3.62. The predicted octanol–water partition coefficient (Wildman–Crippen LogP) is -0.405. The first kappa shape index (κ1) is 7.88. The van der Waals surface area contributed by atoms with Gasteiger partial charge in [0.05, 0.1) is 12.6 Å². The van der Waals surface area contributed by atoms with E-state index in [0.717, 1.165) is 0 Å². The zero-order valence-corrected chi connectivity index (χ0v) is 5.55. The smallest absolute Gasteiger partial charge is 0.0698 e. The van der Waals surface area contributed by atoms with E-state index in [9.17, 15) is 0 Å². The molecule has 1 radical (unpaired) electrons. The van der Waals surface area contributed by atoms with Gasteiger partial charge in [-0.2, -0.15) is 0 Å². The lowest BCUT2D eigenvalue weighted by molar-refractivity contribution is 0.164. The van der Waals surface area contributed by atoms with Crippen LogP contribution in [0, 0.1) is 6.54 Å². The van der Waals surface area contributed by atoms with E-state index >= 15 is 0 Å². The van der Waals surface area contributed by atoms with Crippen molar-refractivity contribution < 1.29 is 5.11 Å². The molecule has 0 saturated heterocycles. The number of nitrogens with one attached hydrogen (secondary N) is 1. The summed E-state index contributed by atoms with van der Waals surface area (Å²) in [4.78, 5) is 0. The van der Waals surface area contributed by atoms with Crippen molar-refractivity contribution in [2.75, 3.05) is 14.1 Å². The summed E-state index contributed by atoms with van der Waals surface area (Å²) in [6, 6.07) is 0. The summed E-state index contributed by atoms with van der Waals surface area (Å²) in [5.41, 5.74) is 2.81. The number of hydrogen-bond acceptors (Lipinski definition) is 3. The number of nitrogens with zero attached hydrogens (tertiary/aromatic N) is 1. The Hall–Kier alpha value is -0.120. The molecular weight excluding hydrogens is 104 g/mol. The van der Waals surface area contributed by atoms with Crippen molar-refractivity contribution in [2.45, 2.75) is 13.0 Å². The highest BCUT2D eigenvalue weighted by Crippen LogP contribution is 1.87. The summed E-state index contributed by atoms with van der Waals surface area (Å²) in [6.45, 7) is 3.37. The molecule has 0 fully saturated rings. The van der Waals surface area contributed by atoms with Crippen molar-refractivity contribution in [3.05, 3.63) is 6.54 Å². The molecule has 0 heterocycles. The molecule has 3 heteroatoms. The highest BCUT2D eigenvalue weighted by molar-refractivity contribution is 4.65. The average Bonchev–Trinajstić information content (AvgIpc) is 1.65. The number of likely N-dealkylation sites (N-methyl/N-ethyl adjacent to an activating group) is 1. The normalized spacial score (nSPS) is 14.6. The van der Waals surface area contributed by atoms with E-state index in [1.54, 1.807) is 25.5 Å². The molecule has 1 unspecified atom stereocenters. The molecule has 0 bridgehead atoms. The third-order valence-electron chi connectivity index (χ3n) is 0.792. The molecule has 2 N–H and O–H groups in total. The second-order valence-corrected chi connectivity index (χ2v) is 1.72. The number of hydrogen-bond donors (Lipinski definition) is 2. The van der Waals surface area contributed by atoms with Crippen LogP contribution in [-0.4, -0.2) is 30.3 Å². The number of rotatable bonds is 3. The fraction of sp³-hybridized carbons (Fsp3) is 0.800. The van der Waals surface area contributed by atoms with Crippen molar-refractivity contribution in [3.63, 3.8) is 0 Å². The molecule has 0 spiro atoms. The van der Waals surface area contributed by atoms with Crippen LogP contribution in [0.25, 0.3) is 0 Å². The lowest BCUT2D eigenvalue weighted by Gasteiger charge is -2.14. The Kier molecular flexibility index (Phi) is 3.77. The first-order valence-corrected chi connectivity index (χ1v) is 2.60. The van der Waals surface area contributed by atoms with Gasteiger partial charge in [-0.1, -0.05) is 0 Å². The summed E-state index contributed by atoms with van der Waals surface area (Å²) in [5, 5.41) is 10.4. The van der Waals surface area contributed by atoms with Gasteiger partial charge in [-0.25, -0.2) is 5.01 Å². The summed E-state index contributed by atoms with van der Waals surface area (Å²) in [5.74, 6) is 0. The van der Waals surface area contributed by atoms with Gasteiger partial charge in [-0.05, 0) is 14.0 Å². The molecule has 0 aliphatic rings. The zero-order valence-electron chi connectivity index (χ0n) is 5.55. The van der Waals surface area contributed by atoms with Gasteiger partial charge < -0.3 is 5.11 Å². The van der Waals surface area contributed by atoms with Crippen LogP contribution in [0.3, 0.4) is 0 Å². The van der Waals surface area contributed by atoms with Crippen molar-refractivity contribution in [1.29, 1.82) is 0 Å². The van der Waals surface area contributed by atoms with Crippen LogP contribution in [0.4, 0.5) is 0 Å². The maximum Gasteiger partial charge on any atom is 0.0698 e. The third kappa shape index (κ3) is 4.05. The fourth-order valence-electron chi connectivity index (χ4n) is 0.398. The van der Waals surface area contributed by atoms with Gasteiger partial charge in [0.25, 0.3) is 0 Å². The second-order valence-electron chi connectivity index (χ2n) is 1.72. The SMILES string of the molecule is CNN(C)[CH]C(C)O. The monoisotopic (exact) mass is 117 g/mol. The summed E-state index contributed by atoms with van der Waals surface area (Å²) >= 11 is 0. The van der Waals surface area contributed by atoms with Crippen molar-refractivity contribution in [2.24, 2.45) is 0 Å². The van der Waals surface area contributed by atoms with Crippen LogP contribution in [0.1, 0.15) is 6.92 Å². The topological polar surface area (TPSA) is 35.5 Å². The average molecular weight is 117 g/mol. The molecule has 0 aromatic rings. The molecule has 0 rings (SSSR count). The molecule has 3 nitrogen and oxygen atoms in total. The minimum Gasteiger partial charge on any atom is -0.392 e. The predicted molar refractivity (Wildman–Crippen MR) is 32.8 cm³/mol. The van der Waals surface area contributed by atoms with Crippen LogP contribution in [0.2, 0.25) is 0 Å². The van der Waals surface area contributed by atoms with Gasteiger partial charge in [-0.15, -0.1) is 0 Å². The summed E-state index contributed by atoms with van der Waals surface area (Å²) in [6.07, 6.45) is -0.382. The van der Waals surface area contributed by atoms with Gasteiger partial charge >= 0.3 is 0 Å². The molecular formula is C5H13N2O. The minimum atomic E-state index is -0.382. The van der Waals surface area contributed by atoms with Crippen molar-refractivity contribution in [1.82, 2.24) is 10.4 Å². The maximum absolute atomic E-state index is 8.72. The van der Waals surface area contributed by atoms with E-state index in [-0.39, 0.29) is 6.10 Å². The Bertz CT molecular complexity index is 56.4. The van der Waals surface area contributed by atoms with Crippen molar-refractivity contribution >= 4 is 0 Å². The molecule has 0 aliphatic carbocycles. The first-order valence-electron chi connectivity index (χ1n) is 2.60. The Morgan fingerprint density at radius 1 is 1.75 bits per heavy atom. The zero-order chi connectivity index (χ0) is 6.57. The fourth-order valence-corrected chi connectivity index (χ4v) is 0.398. The van der Waals surface area contributed by atoms with E-state index in [0.29, 0.717) is 0 Å². The van der Waals surface area contributed by atoms with Crippen LogP contribution in [0.5, 0.6) is 0 Å². The van der Waals surface area contributed by atoms with E-state index in [2.05, 4.69) is 5.43 Å². The van der Waals surface area contributed by atoms with Gasteiger partial charge in [0.1, 0.15) is 0 Å². The van der Waals surface area contributed by atoms with Gasteiger partial charge in [0, 0.05) is 7.05 Å². The first-order chi connectivity index (χ1) is 3.66. The lowest BCUT2D eigenvalue weighted by atomic mass is 10.4. The van der Waals surface area contributed by atoms with Crippen LogP contribution >= 0.6 is 0 Å². The Balaban J connectivity index is 3.10. The minimum absolute atomic E-state index is 0.382. The Morgan fingerprint density at radius 3 is 2.38 bits per heavy atom. The van der Waals surface area contributed by atoms with Crippen LogP contribution in [0.15, 0.2) is 0 Å². The van der Waals surface area contributed by atoms with Crippen LogP contribution in [-0.2, 0) is 0 Å². The second kappa shape index (κ2) is 3.83. The Morgan fingerprint density at radius 2 is 2.25 bits per heavy atom. The highest BCUT2D eigenvalue weighted by Gasteiger charge is 1.98. The van der Waals surface area contributed by atoms with E-state index in [1.165, 1.54) is 0 Å². The van der Waals surface area contributed by atoms with E-state index < -0.39 is 0 Å². The maximum atomic E-state index is 8.72. The molecule has 0 aromatic heterocycles. The third-order valence-corrected chi connectivity index (χ3v) is 0.792. The largest absolute Gasteiger partial charge is 0.392 e. The van der Waals surface area contributed by atoms with Crippen LogP contribution < -0.4 is 5.43 Å². The molecule has 0 amide bonds. The van der Waals surface area contributed by atoms with Gasteiger partial charge in [-0.3, -0.25) is 5.43 Å². The molecule has 0 aliphatic heterocycles. The summed E-state index contributed by atoms with van der Waals surface area (Å²) < 4.78 is 0. The quantitative estimate of drug-likeness (QED) is 0.493. The molecule has 49 valence electrons. The Labute approximate surface area is 50.3 Å². The molecule has 1 atom stereocenters. The van der Waals surface area contributed by atoms with Gasteiger partial charge in [0.2, 0.25) is 0 Å². The molecule has 0 aromatic carbocycles. The van der Waals surface area contributed by atoms with E-state index in [1.807, 2.05) is 7.05 Å². The highest BCUT2D eigenvalue weighted by atomic mass is 16.3. The standard InChI is InChI=1S/C5H13N2O/c1-5(8)4-7(3)6-2/h4-6,8H,1-3H3. The molecule has 0 saturated carbocycles. The number of hydrazine groups is 1. The molecule has 8 heavy (non-hydrogen) atoms. The van der Waals surface area contributed by atoms with E-state index in [4.69, 9.17) is 5.11 Å². The number of aliphatic hydroxyl groups is 1. The van der Waals surface area contributed by atoms with Gasteiger partial charge in [0.15, 0.2) is 0 Å². The number of aliphatic hydroxyl groups excluding tert-OH is 1.